The lowest BCUT2D eigenvalue weighted by molar-refractivity contribution is -0.118. The number of halogens is 1. The molecule has 25 heavy (non-hydrogen) atoms. The second-order valence-electron chi connectivity index (χ2n) is 5.53. The number of aryl methyl sites for hydroxylation is 1. The van der Waals surface area contributed by atoms with Crippen LogP contribution >= 0.6 is 11.6 Å². The fraction of sp³-hybridized carbons (Fsp3) is 0.235. The molecule has 0 atom stereocenters. The molecule has 6 nitrogen and oxygen atoms in total. The maximum absolute atomic E-state index is 12.3. The first-order valence-electron chi connectivity index (χ1n) is 7.42. The number of ether oxygens (including phenoxy) is 1. The number of carbonyl (C=O) groups is 1. The number of carbonyl (C=O) groups excluding carboxylic acids is 1. The van der Waals surface area contributed by atoms with E-state index < -0.39 is 15.9 Å². The van der Waals surface area contributed by atoms with E-state index in [1.54, 1.807) is 43.3 Å². The van der Waals surface area contributed by atoms with Crippen molar-refractivity contribution >= 4 is 33.2 Å². The van der Waals surface area contributed by atoms with Gasteiger partial charge in [-0.25, -0.2) is 12.7 Å². The molecule has 0 saturated heterocycles. The third kappa shape index (κ3) is 4.72. The summed E-state index contributed by atoms with van der Waals surface area (Å²) in [6.07, 6.45) is 0. The van der Waals surface area contributed by atoms with E-state index in [1.165, 1.54) is 20.2 Å². The van der Waals surface area contributed by atoms with Gasteiger partial charge in [-0.2, -0.15) is 0 Å². The number of benzene rings is 2. The van der Waals surface area contributed by atoms with Crippen molar-refractivity contribution in [1.82, 2.24) is 4.31 Å². The van der Waals surface area contributed by atoms with Gasteiger partial charge < -0.3 is 10.1 Å². The van der Waals surface area contributed by atoms with Crippen LogP contribution in [0.25, 0.3) is 0 Å². The predicted molar refractivity (Wildman–Crippen MR) is 97.6 cm³/mol. The number of sulfonamides is 1. The summed E-state index contributed by atoms with van der Waals surface area (Å²) < 4.78 is 31.1. The van der Waals surface area contributed by atoms with Crippen molar-refractivity contribution in [2.75, 3.05) is 26.0 Å². The zero-order valence-corrected chi connectivity index (χ0v) is 15.7. The lowest BCUT2D eigenvalue weighted by Gasteiger charge is -2.15. The summed E-state index contributed by atoms with van der Waals surface area (Å²) in [5.41, 5.74) is 0.970. The molecule has 0 radical (unpaired) electrons. The van der Waals surface area contributed by atoms with Crippen LogP contribution in [0.15, 0.2) is 47.4 Å². The van der Waals surface area contributed by atoms with E-state index in [0.717, 1.165) is 4.31 Å². The third-order valence-corrected chi connectivity index (χ3v) is 5.70. The Kier molecular flexibility index (Phi) is 6.05. The number of amides is 1. The molecule has 2 rings (SSSR count). The summed E-state index contributed by atoms with van der Waals surface area (Å²) >= 11 is 5.96. The smallest absolute Gasteiger partial charge is 0.262 e. The van der Waals surface area contributed by atoms with Gasteiger partial charge in [-0.05, 0) is 36.8 Å². The molecule has 134 valence electrons. The van der Waals surface area contributed by atoms with E-state index >= 15 is 0 Å². The highest BCUT2D eigenvalue weighted by molar-refractivity contribution is 7.89. The highest BCUT2D eigenvalue weighted by atomic mass is 35.5. The maximum Gasteiger partial charge on any atom is 0.262 e. The fourth-order valence-electron chi connectivity index (χ4n) is 2.05. The Morgan fingerprint density at radius 1 is 1.20 bits per heavy atom. The standard InChI is InChI=1S/C17H19ClN2O4S/c1-12-8-9-13(10-16(12)25(22,23)20(2)3)19-17(21)11-24-15-7-5-4-6-14(15)18/h4-10H,11H2,1-3H3,(H,19,21). The van der Waals surface area contributed by atoms with Crippen molar-refractivity contribution in [2.45, 2.75) is 11.8 Å². The topological polar surface area (TPSA) is 75.7 Å². The summed E-state index contributed by atoms with van der Waals surface area (Å²) in [6.45, 7) is 1.45. The van der Waals surface area contributed by atoms with E-state index in [1.807, 2.05) is 0 Å². The van der Waals surface area contributed by atoms with Crippen LogP contribution in [-0.4, -0.2) is 39.3 Å². The molecule has 1 N–H and O–H groups in total. The molecule has 0 aliphatic rings. The van der Waals surface area contributed by atoms with E-state index in [-0.39, 0.29) is 11.5 Å². The van der Waals surface area contributed by atoms with E-state index in [9.17, 15) is 13.2 Å². The Labute approximate surface area is 152 Å². The highest BCUT2D eigenvalue weighted by Crippen LogP contribution is 2.24. The van der Waals surface area contributed by atoms with Gasteiger partial charge in [-0.3, -0.25) is 4.79 Å². The Morgan fingerprint density at radius 3 is 2.52 bits per heavy atom. The van der Waals surface area contributed by atoms with Crippen LogP contribution in [0.5, 0.6) is 5.75 Å². The molecule has 0 heterocycles. The molecule has 2 aromatic carbocycles. The Balaban J connectivity index is 2.10. The van der Waals surface area contributed by atoms with E-state index in [2.05, 4.69) is 5.32 Å². The molecule has 0 spiro atoms. The van der Waals surface area contributed by atoms with Gasteiger partial charge in [-0.1, -0.05) is 29.8 Å². The van der Waals surface area contributed by atoms with Crippen molar-refractivity contribution < 1.29 is 17.9 Å². The zero-order valence-electron chi connectivity index (χ0n) is 14.1. The quantitative estimate of drug-likeness (QED) is 0.833. The van der Waals surface area contributed by atoms with Gasteiger partial charge in [0.15, 0.2) is 6.61 Å². The number of nitrogens with one attached hydrogen (secondary N) is 1. The fourth-order valence-corrected chi connectivity index (χ4v) is 3.39. The van der Waals surface area contributed by atoms with Crippen molar-refractivity contribution in [3.05, 3.63) is 53.1 Å². The summed E-state index contributed by atoms with van der Waals surface area (Å²) in [6, 6.07) is 11.5. The minimum atomic E-state index is -3.59. The maximum atomic E-state index is 12.3. The second-order valence-corrected chi connectivity index (χ2v) is 8.06. The van der Waals surface area contributed by atoms with Crippen LogP contribution in [0.3, 0.4) is 0 Å². The molecule has 0 unspecified atom stereocenters. The summed E-state index contributed by atoms with van der Waals surface area (Å²) in [4.78, 5) is 12.2. The van der Waals surface area contributed by atoms with Crippen molar-refractivity contribution in [3.8, 4) is 5.75 Å². The van der Waals surface area contributed by atoms with Gasteiger partial charge >= 0.3 is 0 Å². The molecule has 0 fully saturated rings. The third-order valence-electron chi connectivity index (χ3n) is 3.43. The van der Waals surface area contributed by atoms with Gasteiger partial charge in [0.05, 0.1) is 9.92 Å². The van der Waals surface area contributed by atoms with Gasteiger partial charge in [0, 0.05) is 19.8 Å². The zero-order chi connectivity index (χ0) is 18.6. The van der Waals surface area contributed by atoms with Crippen molar-refractivity contribution in [1.29, 1.82) is 0 Å². The van der Waals surface area contributed by atoms with Crippen LogP contribution in [0.4, 0.5) is 5.69 Å². The summed E-state index contributed by atoms with van der Waals surface area (Å²) in [5, 5.41) is 3.03. The molecule has 1 amide bonds. The number of rotatable bonds is 6. The molecular formula is C17H19ClN2O4S. The molecule has 8 heteroatoms. The number of anilines is 1. The monoisotopic (exact) mass is 382 g/mol. The van der Waals surface area contributed by atoms with Gasteiger partial charge in [0.2, 0.25) is 10.0 Å². The first-order valence-corrected chi connectivity index (χ1v) is 9.24. The number of nitrogens with zero attached hydrogens (tertiary/aromatic N) is 1. The number of hydrogen-bond acceptors (Lipinski definition) is 4. The molecule has 0 bridgehead atoms. The van der Waals surface area contributed by atoms with Crippen LogP contribution in [0.1, 0.15) is 5.56 Å². The largest absolute Gasteiger partial charge is 0.482 e. The SMILES string of the molecule is Cc1ccc(NC(=O)COc2ccccc2Cl)cc1S(=O)(=O)N(C)C. The average Bonchev–Trinajstić information content (AvgIpc) is 2.55. The van der Waals surface area contributed by atoms with E-state index in [4.69, 9.17) is 16.3 Å². The molecule has 0 aliphatic carbocycles. The first kappa shape index (κ1) is 19.2. The Hall–Kier alpha value is -2.09. The number of para-hydroxylation sites is 1. The minimum absolute atomic E-state index is 0.141. The predicted octanol–water partition coefficient (Wildman–Crippen LogP) is 2.92. The molecule has 0 saturated carbocycles. The summed E-state index contributed by atoms with van der Waals surface area (Å²) in [7, 11) is -0.682. The molecular weight excluding hydrogens is 364 g/mol. The normalized spacial score (nSPS) is 11.4. The first-order chi connectivity index (χ1) is 11.7. The van der Waals surface area contributed by atoms with Crippen LogP contribution in [-0.2, 0) is 14.8 Å². The molecule has 0 aromatic heterocycles. The van der Waals surface area contributed by atoms with Crippen LogP contribution in [0.2, 0.25) is 5.02 Å². The highest BCUT2D eigenvalue weighted by Gasteiger charge is 2.20. The Morgan fingerprint density at radius 2 is 1.88 bits per heavy atom. The van der Waals surface area contributed by atoms with Gasteiger partial charge in [0.1, 0.15) is 5.75 Å². The van der Waals surface area contributed by atoms with E-state index in [0.29, 0.717) is 22.0 Å². The second kappa shape index (κ2) is 7.86. The number of hydrogen-bond donors (Lipinski definition) is 1. The van der Waals surface area contributed by atoms with Crippen LogP contribution in [0, 0.1) is 6.92 Å². The average molecular weight is 383 g/mol. The van der Waals surface area contributed by atoms with Crippen molar-refractivity contribution in [2.24, 2.45) is 0 Å². The Bertz CT molecular complexity index is 882. The lowest BCUT2D eigenvalue weighted by atomic mass is 10.2. The molecule has 0 aliphatic heterocycles. The summed E-state index contributed by atoms with van der Waals surface area (Å²) in [5.74, 6) is -0.0175. The van der Waals surface area contributed by atoms with Gasteiger partial charge in [-0.15, -0.1) is 0 Å². The lowest BCUT2D eigenvalue weighted by Crippen LogP contribution is -2.24. The van der Waals surface area contributed by atoms with Crippen LogP contribution < -0.4 is 10.1 Å². The van der Waals surface area contributed by atoms with Gasteiger partial charge in [0.25, 0.3) is 5.91 Å². The molecule has 2 aromatic rings. The minimum Gasteiger partial charge on any atom is -0.482 e. The van der Waals surface area contributed by atoms with Crippen molar-refractivity contribution in [3.63, 3.8) is 0 Å².